The summed E-state index contributed by atoms with van der Waals surface area (Å²) in [4.78, 5) is 2.68. The number of aromatic nitrogens is 3. The molecule has 1 N–H and O–H groups in total. The van der Waals surface area contributed by atoms with Crippen LogP contribution in [0.5, 0.6) is 0 Å². The topological polar surface area (TPSA) is 69.4 Å². The second-order valence-electron chi connectivity index (χ2n) is 6.67. The molecule has 0 saturated heterocycles. The van der Waals surface area contributed by atoms with Crippen molar-refractivity contribution in [1.82, 2.24) is 15.4 Å². The molecular formula is C20H21N4O2S+. The second-order valence-corrected chi connectivity index (χ2v) is 7.67. The summed E-state index contributed by atoms with van der Waals surface area (Å²) in [6.07, 6.45) is 0. The predicted molar refractivity (Wildman–Crippen MR) is 103 cm³/mol. The third kappa shape index (κ3) is 3.70. The molecule has 0 radical (unpaired) electrons. The maximum Gasteiger partial charge on any atom is 0.271 e. The van der Waals surface area contributed by atoms with E-state index in [4.69, 9.17) is 8.94 Å². The molecule has 1 unspecified atom stereocenters. The molecular weight excluding hydrogens is 360 g/mol. The van der Waals surface area contributed by atoms with Crippen molar-refractivity contribution in [1.29, 1.82) is 0 Å². The summed E-state index contributed by atoms with van der Waals surface area (Å²) < 4.78 is 11.3. The highest BCUT2D eigenvalue weighted by atomic mass is 32.1. The van der Waals surface area contributed by atoms with Gasteiger partial charge >= 0.3 is 0 Å². The smallest absolute Gasteiger partial charge is 0.271 e. The monoisotopic (exact) mass is 381 g/mol. The quantitative estimate of drug-likeness (QED) is 0.555. The summed E-state index contributed by atoms with van der Waals surface area (Å²) in [6, 6.07) is 12.0. The zero-order valence-electron chi connectivity index (χ0n) is 15.5. The predicted octanol–water partition coefficient (Wildman–Crippen LogP) is 3.28. The fraction of sp³-hybridized carbons (Fsp3) is 0.250. The summed E-state index contributed by atoms with van der Waals surface area (Å²) in [5.74, 6) is 1.72. The van der Waals surface area contributed by atoms with Crippen LogP contribution in [-0.4, -0.2) is 22.4 Å². The maximum absolute atomic E-state index is 5.95. The first kappa shape index (κ1) is 17.6. The lowest BCUT2D eigenvalue weighted by Gasteiger charge is -2.10. The number of hydrogen-bond acceptors (Lipinski definition) is 6. The fourth-order valence-electron chi connectivity index (χ4n) is 3.02. The van der Waals surface area contributed by atoms with Crippen LogP contribution in [0.4, 0.5) is 0 Å². The molecule has 0 saturated carbocycles. The van der Waals surface area contributed by atoms with Gasteiger partial charge in [0.2, 0.25) is 0 Å². The summed E-state index contributed by atoms with van der Waals surface area (Å²) in [5.41, 5.74) is 3.77. The van der Waals surface area contributed by atoms with Crippen LogP contribution in [0.3, 0.4) is 0 Å². The lowest BCUT2D eigenvalue weighted by atomic mass is 10.1. The molecule has 0 aliphatic carbocycles. The number of aryl methyl sites for hydroxylation is 2. The number of hydrogen-bond donors (Lipinski definition) is 1. The third-order valence-electron chi connectivity index (χ3n) is 4.47. The number of nitrogens with one attached hydrogen (secondary N) is 1. The van der Waals surface area contributed by atoms with Crippen LogP contribution in [0.15, 0.2) is 50.7 Å². The van der Waals surface area contributed by atoms with Gasteiger partial charge in [0.1, 0.15) is 23.6 Å². The molecule has 0 spiro atoms. The largest absolute Gasteiger partial charge is 0.415 e. The van der Waals surface area contributed by atoms with E-state index in [0.717, 1.165) is 23.4 Å². The van der Waals surface area contributed by atoms with E-state index in [-0.39, 0.29) is 0 Å². The molecule has 138 valence electrons. The first-order valence-corrected chi connectivity index (χ1v) is 9.68. The van der Waals surface area contributed by atoms with Gasteiger partial charge in [-0.15, -0.1) is 21.5 Å². The first-order valence-electron chi connectivity index (χ1n) is 8.80. The number of thiophene rings is 1. The van der Waals surface area contributed by atoms with Crippen molar-refractivity contribution < 1.29 is 13.8 Å². The summed E-state index contributed by atoms with van der Waals surface area (Å²) in [5, 5.41) is 14.8. The molecule has 1 atom stereocenters. The normalized spacial score (nSPS) is 12.4. The minimum Gasteiger partial charge on any atom is -0.415 e. The Hall–Kier alpha value is -2.77. The molecule has 0 aliphatic rings. The first-order chi connectivity index (χ1) is 13.1. The molecule has 1 aromatic carbocycles. The SMILES string of the molecule is Cc1ccsc1C[NH+](C)Cc1nnc(-c2c(-c3ccccc3)noc2C)o1. The molecule has 4 aromatic rings. The van der Waals surface area contributed by atoms with Gasteiger partial charge in [-0.05, 0) is 30.9 Å². The third-order valence-corrected chi connectivity index (χ3v) is 5.50. The van der Waals surface area contributed by atoms with Gasteiger partial charge in [-0.2, -0.15) is 0 Å². The summed E-state index contributed by atoms with van der Waals surface area (Å²) in [7, 11) is 2.13. The van der Waals surface area contributed by atoms with Crippen LogP contribution in [-0.2, 0) is 13.1 Å². The van der Waals surface area contributed by atoms with E-state index in [2.05, 4.69) is 40.8 Å². The van der Waals surface area contributed by atoms with Crippen molar-refractivity contribution in [2.45, 2.75) is 26.9 Å². The van der Waals surface area contributed by atoms with Crippen LogP contribution in [0.1, 0.15) is 22.1 Å². The highest BCUT2D eigenvalue weighted by Gasteiger charge is 2.23. The van der Waals surface area contributed by atoms with Crippen molar-refractivity contribution in [3.63, 3.8) is 0 Å². The van der Waals surface area contributed by atoms with Crippen molar-refractivity contribution in [3.05, 3.63) is 63.9 Å². The minimum atomic E-state index is 0.447. The van der Waals surface area contributed by atoms with Crippen LogP contribution < -0.4 is 4.90 Å². The molecule has 0 amide bonds. The summed E-state index contributed by atoms with van der Waals surface area (Å²) in [6.45, 7) is 5.59. The zero-order chi connectivity index (χ0) is 18.8. The van der Waals surface area contributed by atoms with Gasteiger partial charge in [-0.25, -0.2) is 0 Å². The minimum absolute atomic E-state index is 0.447. The number of quaternary nitrogens is 1. The standard InChI is InChI=1S/C20H20N4O2S/c1-13-9-10-27-16(13)11-24(3)12-17-21-22-20(25-17)18-14(2)26-23-19(18)15-7-5-4-6-8-15/h4-10H,11-12H2,1-3H3/p+1. The van der Waals surface area contributed by atoms with Crippen molar-refractivity contribution in [2.24, 2.45) is 0 Å². The molecule has 3 heterocycles. The van der Waals surface area contributed by atoms with E-state index >= 15 is 0 Å². The van der Waals surface area contributed by atoms with E-state index < -0.39 is 0 Å². The Bertz CT molecular complexity index is 1040. The molecule has 6 nitrogen and oxygen atoms in total. The number of benzene rings is 1. The zero-order valence-corrected chi connectivity index (χ0v) is 16.3. The van der Waals surface area contributed by atoms with Crippen LogP contribution in [0.2, 0.25) is 0 Å². The van der Waals surface area contributed by atoms with E-state index in [1.54, 1.807) is 11.3 Å². The average Bonchev–Trinajstić information content (AvgIpc) is 3.37. The molecule has 0 fully saturated rings. The van der Waals surface area contributed by atoms with Gasteiger partial charge in [0.05, 0.1) is 11.9 Å². The Morgan fingerprint density at radius 2 is 1.85 bits per heavy atom. The summed E-state index contributed by atoms with van der Waals surface area (Å²) >= 11 is 1.79. The highest BCUT2D eigenvalue weighted by molar-refractivity contribution is 7.10. The van der Waals surface area contributed by atoms with Crippen LogP contribution in [0, 0.1) is 13.8 Å². The molecule has 4 rings (SSSR count). The number of rotatable bonds is 6. The van der Waals surface area contributed by atoms with E-state index in [9.17, 15) is 0 Å². The van der Waals surface area contributed by atoms with E-state index in [1.165, 1.54) is 15.3 Å². The Kier molecular flexibility index (Phi) is 4.87. The van der Waals surface area contributed by atoms with Crippen LogP contribution in [0.25, 0.3) is 22.7 Å². The Labute approximate surface area is 161 Å². The molecule has 7 heteroatoms. The average molecular weight is 381 g/mol. The van der Waals surface area contributed by atoms with Crippen molar-refractivity contribution in [2.75, 3.05) is 7.05 Å². The van der Waals surface area contributed by atoms with Gasteiger partial charge in [0.25, 0.3) is 11.8 Å². The molecule has 27 heavy (non-hydrogen) atoms. The maximum atomic E-state index is 5.95. The van der Waals surface area contributed by atoms with Gasteiger partial charge in [-0.3, -0.25) is 0 Å². The van der Waals surface area contributed by atoms with Gasteiger partial charge in [0, 0.05) is 5.56 Å². The van der Waals surface area contributed by atoms with E-state index in [0.29, 0.717) is 24.1 Å². The lowest BCUT2D eigenvalue weighted by Crippen LogP contribution is -3.06. The van der Waals surface area contributed by atoms with Crippen molar-refractivity contribution >= 4 is 11.3 Å². The molecule has 0 aliphatic heterocycles. The molecule has 3 aromatic heterocycles. The fourth-order valence-corrected chi connectivity index (χ4v) is 4.04. The Morgan fingerprint density at radius 3 is 2.59 bits per heavy atom. The van der Waals surface area contributed by atoms with Crippen molar-refractivity contribution in [3.8, 4) is 22.7 Å². The molecule has 0 bridgehead atoms. The van der Waals surface area contributed by atoms with E-state index in [1.807, 2.05) is 37.3 Å². The van der Waals surface area contributed by atoms with Gasteiger partial charge < -0.3 is 13.8 Å². The Morgan fingerprint density at radius 1 is 1.04 bits per heavy atom. The number of nitrogens with zero attached hydrogens (tertiary/aromatic N) is 3. The van der Waals surface area contributed by atoms with Crippen LogP contribution >= 0.6 is 11.3 Å². The van der Waals surface area contributed by atoms with Gasteiger partial charge in [0.15, 0.2) is 6.54 Å². The lowest BCUT2D eigenvalue weighted by molar-refractivity contribution is -0.908. The van der Waals surface area contributed by atoms with Gasteiger partial charge in [-0.1, -0.05) is 35.5 Å². The Balaban J connectivity index is 1.55. The highest BCUT2D eigenvalue weighted by Crippen LogP contribution is 2.33. The second kappa shape index (κ2) is 7.46.